The van der Waals surface area contributed by atoms with E-state index >= 15 is 0 Å². The first-order valence-corrected chi connectivity index (χ1v) is 4.86. The van der Waals surface area contributed by atoms with Gasteiger partial charge in [-0.05, 0) is 44.0 Å². The van der Waals surface area contributed by atoms with Gasteiger partial charge in [0, 0.05) is 13.8 Å². The van der Waals surface area contributed by atoms with Gasteiger partial charge in [-0.2, -0.15) is 0 Å². The van der Waals surface area contributed by atoms with Crippen molar-refractivity contribution in [1.82, 2.24) is 0 Å². The average molecular weight is 302 g/mol. The maximum atomic E-state index is 5.82. The Morgan fingerprint density at radius 3 is 2.00 bits per heavy atom. The molecular formula is C6H3Br2ClS. The van der Waals surface area contributed by atoms with Gasteiger partial charge in [-0.25, -0.2) is 0 Å². The highest BCUT2D eigenvalue weighted by Crippen LogP contribution is 2.32. The van der Waals surface area contributed by atoms with Crippen LogP contribution in [-0.4, -0.2) is 0 Å². The summed E-state index contributed by atoms with van der Waals surface area (Å²) >= 11 is 16.5. The molecule has 0 saturated heterocycles. The van der Waals surface area contributed by atoms with Crippen molar-refractivity contribution in [2.45, 2.75) is 4.90 Å². The predicted molar refractivity (Wildman–Crippen MR) is 54.1 cm³/mol. The second kappa shape index (κ2) is 3.48. The molecule has 54 valence electrons. The second-order valence-electron chi connectivity index (χ2n) is 1.72. The van der Waals surface area contributed by atoms with Crippen molar-refractivity contribution in [2.75, 3.05) is 0 Å². The van der Waals surface area contributed by atoms with Gasteiger partial charge in [-0.3, -0.25) is 0 Å². The molecule has 0 unspecified atom stereocenters. The molecule has 0 fully saturated rings. The quantitative estimate of drug-likeness (QED) is 0.540. The van der Waals surface area contributed by atoms with Crippen LogP contribution in [0.3, 0.4) is 0 Å². The van der Waals surface area contributed by atoms with Crippen molar-refractivity contribution in [1.29, 1.82) is 0 Å². The van der Waals surface area contributed by atoms with Crippen LogP contribution in [0.25, 0.3) is 0 Å². The average Bonchev–Trinajstić information content (AvgIpc) is 1.82. The molecule has 1 aromatic rings. The third-order valence-electron chi connectivity index (χ3n) is 0.969. The minimum absolute atomic E-state index is 0.679. The van der Waals surface area contributed by atoms with E-state index in [9.17, 15) is 0 Å². The van der Waals surface area contributed by atoms with E-state index in [4.69, 9.17) is 11.6 Å². The van der Waals surface area contributed by atoms with Gasteiger partial charge in [-0.15, -0.1) is 12.6 Å². The zero-order valence-electron chi connectivity index (χ0n) is 4.74. The number of rotatable bonds is 0. The second-order valence-corrected chi connectivity index (χ2v) is 4.33. The molecule has 0 amide bonds. The van der Waals surface area contributed by atoms with Crippen molar-refractivity contribution < 1.29 is 0 Å². The zero-order chi connectivity index (χ0) is 7.72. The van der Waals surface area contributed by atoms with Gasteiger partial charge in [0.25, 0.3) is 0 Å². The minimum Gasteiger partial charge on any atom is -0.143 e. The molecule has 0 radical (unpaired) electrons. The standard InChI is InChI=1S/C6H3Br2ClS/c7-4-1-3(10)2-5(8)6(4)9/h1-2,10H. The Morgan fingerprint density at radius 2 is 1.60 bits per heavy atom. The number of halogens is 3. The Bertz CT molecular complexity index is 239. The summed E-state index contributed by atoms with van der Waals surface area (Å²) in [6.07, 6.45) is 0. The summed E-state index contributed by atoms with van der Waals surface area (Å²) in [5.74, 6) is 0. The molecule has 4 heteroatoms. The first-order chi connectivity index (χ1) is 4.61. The molecule has 0 aliphatic carbocycles. The van der Waals surface area contributed by atoms with E-state index < -0.39 is 0 Å². The van der Waals surface area contributed by atoms with E-state index in [0.29, 0.717) is 5.02 Å². The monoisotopic (exact) mass is 300 g/mol. The molecule has 0 bridgehead atoms. The largest absolute Gasteiger partial charge is 0.143 e. The van der Waals surface area contributed by atoms with Gasteiger partial charge in [0.15, 0.2) is 0 Å². The van der Waals surface area contributed by atoms with Gasteiger partial charge >= 0.3 is 0 Å². The first kappa shape index (κ1) is 8.91. The molecule has 0 heterocycles. The van der Waals surface area contributed by atoms with Gasteiger partial charge < -0.3 is 0 Å². The van der Waals surface area contributed by atoms with Gasteiger partial charge in [0.1, 0.15) is 0 Å². The van der Waals surface area contributed by atoms with Crippen LogP contribution in [0, 0.1) is 0 Å². The summed E-state index contributed by atoms with van der Waals surface area (Å²) in [5, 5.41) is 0.679. The van der Waals surface area contributed by atoms with Crippen molar-refractivity contribution in [3.05, 3.63) is 26.1 Å². The number of thiol groups is 1. The van der Waals surface area contributed by atoms with Crippen LogP contribution < -0.4 is 0 Å². The first-order valence-electron chi connectivity index (χ1n) is 2.45. The number of benzene rings is 1. The summed E-state index contributed by atoms with van der Waals surface area (Å²) in [6.45, 7) is 0. The lowest BCUT2D eigenvalue weighted by molar-refractivity contribution is 1.42. The van der Waals surface area contributed by atoms with E-state index in [2.05, 4.69) is 44.5 Å². The van der Waals surface area contributed by atoms with Gasteiger partial charge in [0.2, 0.25) is 0 Å². The van der Waals surface area contributed by atoms with Crippen LogP contribution in [0.2, 0.25) is 5.02 Å². The van der Waals surface area contributed by atoms with Gasteiger partial charge in [-0.1, -0.05) is 11.6 Å². The van der Waals surface area contributed by atoms with Crippen molar-refractivity contribution in [3.8, 4) is 0 Å². The predicted octanol–water partition coefficient (Wildman–Crippen LogP) is 4.15. The lowest BCUT2D eigenvalue weighted by Gasteiger charge is -1.99. The Morgan fingerprint density at radius 1 is 1.20 bits per heavy atom. The fourth-order valence-electron chi connectivity index (χ4n) is 0.542. The van der Waals surface area contributed by atoms with Crippen LogP contribution >= 0.6 is 56.1 Å². The molecule has 0 nitrogen and oxygen atoms in total. The molecule has 1 rings (SSSR count). The molecule has 0 aliphatic rings. The summed E-state index contributed by atoms with van der Waals surface area (Å²) in [7, 11) is 0. The maximum absolute atomic E-state index is 5.82. The molecule has 0 atom stereocenters. The maximum Gasteiger partial charge on any atom is 0.0690 e. The fraction of sp³-hybridized carbons (Fsp3) is 0. The Balaban J connectivity index is 3.31. The number of hydrogen-bond acceptors (Lipinski definition) is 1. The highest BCUT2D eigenvalue weighted by molar-refractivity contribution is 9.11. The number of hydrogen-bond donors (Lipinski definition) is 1. The summed E-state index contributed by atoms with van der Waals surface area (Å²) in [6, 6.07) is 3.69. The Hall–Kier alpha value is 0.820. The Kier molecular flexibility index (Phi) is 3.10. The highest BCUT2D eigenvalue weighted by Gasteiger charge is 2.01. The fourth-order valence-corrected chi connectivity index (χ4v) is 2.45. The van der Waals surface area contributed by atoms with E-state index in [1.54, 1.807) is 0 Å². The summed E-state index contributed by atoms with van der Waals surface area (Å²) < 4.78 is 1.71. The summed E-state index contributed by atoms with van der Waals surface area (Å²) in [4.78, 5) is 0.878. The molecule has 0 aromatic heterocycles. The lowest BCUT2D eigenvalue weighted by Crippen LogP contribution is -1.72. The molecule has 0 N–H and O–H groups in total. The van der Waals surface area contributed by atoms with Crippen LogP contribution in [0.5, 0.6) is 0 Å². The molecule has 0 spiro atoms. The van der Waals surface area contributed by atoms with E-state index in [-0.39, 0.29) is 0 Å². The third-order valence-corrected chi connectivity index (χ3v) is 3.34. The van der Waals surface area contributed by atoms with E-state index in [1.165, 1.54) is 0 Å². The molecular weight excluding hydrogens is 299 g/mol. The molecule has 10 heavy (non-hydrogen) atoms. The van der Waals surface area contributed by atoms with E-state index in [1.807, 2.05) is 12.1 Å². The van der Waals surface area contributed by atoms with E-state index in [0.717, 1.165) is 13.8 Å². The SMILES string of the molecule is Sc1cc(Br)c(Cl)c(Br)c1. The smallest absolute Gasteiger partial charge is 0.0690 e. The summed E-state index contributed by atoms with van der Waals surface area (Å²) in [5.41, 5.74) is 0. The zero-order valence-corrected chi connectivity index (χ0v) is 9.56. The molecule has 0 aliphatic heterocycles. The van der Waals surface area contributed by atoms with Crippen molar-refractivity contribution in [3.63, 3.8) is 0 Å². The van der Waals surface area contributed by atoms with Crippen LogP contribution in [0.15, 0.2) is 26.0 Å². The highest BCUT2D eigenvalue weighted by atomic mass is 79.9. The van der Waals surface area contributed by atoms with Gasteiger partial charge in [0.05, 0.1) is 5.02 Å². The third kappa shape index (κ3) is 1.91. The Labute approximate surface area is 86.6 Å². The lowest BCUT2D eigenvalue weighted by atomic mass is 10.4. The van der Waals surface area contributed by atoms with Crippen LogP contribution in [0.4, 0.5) is 0 Å². The van der Waals surface area contributed by atoms with Crippen LogP contribution in [0.1, 0.15) is 0 Å². The van der Waals surface area contributed by atoms with Crippen molar-refractivity contribution >= 4 is 56.1 Å². The topological polar surface area (TPSA) is 0 Å². The molecule has 1 aromatic carbocycles. The normalized spacial score (nSPS) is 10.0. The van der Waals surface area contributed by atoms with Crippen LogP contribution in [-0.2, 0) is 0 Å². The minimum atomic E-state index is 0.679. The van der Waals surface area contributed by atoms with Crippen molar-refractivity contribution in [2.24, 2.45) is 0 Å². The molecule has 0 saturated carbocycles.